The maximum Gasteiger partial charge on any atom is 0.428 e. The van der Waals surface area contributed by atoms with E-state index in [-0.39, 0.29) is 5.56 Å². The van der Waals surface area contributed by atoms with Gasteiger partial charge in [-0.15, -0.1) is 0 Å². The molecule has 0 fully saturated rings. The number of para-hydroxylation sites is 1. The molecule has 6 heteroatoms. The molecular formula is C16H11BrF3NO. The second kappa shape index (κ2) is 5.44. The predicted octanol–water partition coefficient (Wildman–Crippen LogP) is 5.17. The molecule has 2 aromatic carbocycles. The summed E-state index contributed by atoms with van der Waals surface area (Å²) in [5.41, 5.74) is -1.93. The molecule has 1 aliphatic heterocycles. The Hall–Kier alpha value is -1.79. The molecule has 1 atom stereocenters. The molecule has 1 unspecified atom stereocenters. The van der Waals surface area contributed by atoms with Crippen molar-refractivity contribution < 1.29 is 18.0 Å². The standard InChI is InChI=1S/C16H11BrF3NO/c17-13-8-6-12(7-9-13)15(16(18,19)20)10-11-21(22-15)14-4-2-1-3-5-14/h1-11H. The van der Waals surface area contributed by atoms with Crippen LogP contribution in [0.2, 0.25) is 0 Å². The maximum atomic E-state index is 13.7. The van der Waals surface area contributed by atoms with Gasteiger partial charge >= 0.3 is 6.18 Å². The molecule has 0 bridgehead atoms. The summed E-state index contributed by atoms with van der Waals surface area (Å²) in [6.07, 6.45) is -2.25. The Morgan fingerprint density at radius 1 is 0.955 bits per heavy atom. The van der Waals surface area contributed by atoms with Gasteiger partial charge in [-0.1, -0.05) is 46.3 Å². The first-order chi connectivity index (χ1) is 10.4. The van der Waals surface area contributed by atoms with Crippen molar-refractivity contribution in [2.45, 2.75) is 11.8 Å². The number of hydrogen-bond acceptors (Lipinski definition) is 2. The van der Waals surface area contributed by atoms with Crippen LogP contribution in [0.25, 0.3) is 0 Å². The molecule has 0 saturated carbocycles. The van der Waals surface area contributed by atoms with Crippen molar-refractivity contribution in [1.29, 1.82) is 0 Å². The first-order valence-electron chi connectivity index (χ1n) is 6.48. The summed E-state index contributed by atoms with van der Waals surface area (Å²) < 4.78 is 41.7. The van der Waals surface area contributed by atoms with Crippen LogP contribution in [0, 0.1) is 0 Å². The number of halogens is 4. The summed E-state index contributed by atoms with van der Waals surface area (Å²) in [5.74, 6) is 0. The second-order valence-electron chi connectivity index (χ2n) is 4.81. The Morgan fingerprint density at radius 2 is 1.59 bits per heavy atom. The van der Waals surface area contributed by atoms with Gasteiger partial charge in [0, 0.05) is 10.7 Å². The highest BCUT2D eigenvalue weighted by Gasteiger charge is 2.59. The number of nitrogens with zero attached hydrogens (tertiary/aromatic N) is 1. The Kier molecular flexibility index (Phi) is 3.74. The van der Waals surface area contributed by atoms with Gasteiger partial charge in [-0.25, -0.2) is 9.90 Å². The maximum absolute atomic E-state index is 13.7. The zero-order valence-electron chi connectivity index (χ0n) is 11.2. The topological polar surface area (TPSA) is 12.5 Å². The molecule has 0 N–H and O–H groups in total. The van der Waals surface area contributed by atoms with E-state index in [1.54, 1.807) is 42.5 Å². The van der Waals surface area contributed by atoms with E-state index < -0.39 is 11.8 Å². The molecule has 1 aliphatic rings. The van der Waals surface area contributed by atoms with Crippen LogP contribution in [0.1, 0.15) is 5.56 Å². The monoisotopic (exact) mass is 369 g/mol. The molecule has 2 aromatic rings. The van der Waals surface area contributed by atoms with Crippen LogP contribution in [-0.4, -0.2) is 6.18 Å². The van der Waals surface area contributed by atoms with Crippen molar-refractivity contribution in [3.05, 3.63) is 76.9 Å². The molecule has 0 aliphatic carbocycles. The van der Waals surface area contributed by atoms with Gasteiger partial charge < -0.3 is 0 Å². The fourth-order valence-electron chi connectivity index (χ4n) is 2.26. The normalized spacial score (nSPS) is 21.4. The molecule has 2 nitrogen and oxygen atoms in total. The van der Waals surface area contributed by atoms with Crippen LogP contribution in [0.5, 0.6) is 0 Å². The van der Waals surface area contributed by atoms with Crippen molar-refractivity contribution in [3.63, 3.8) is 0 Å². The molecule has 3 rings (SSSR count). The van der Waals surface area contributed by atoms with Crippen LogP contribution < -0.4 is 5.06 Å². The third-order valence-corrected chi connectivity index (χ3v) is 3.92. The van der Waals surface area contributed by atoms with E-state index in [0.29, 0.717) is 10.2 Å². The number of anilines is 1. The molecule has 0 aromatic heterocycles. The minimum absolute atomic E-state index is 0.0258. The minimum atomic E-state index is -4.58. The first-order valence-corrected chi connectivity index (χ1v) is 7.27. The van der Waals surface area contributed by atoms with Gasteiger partial charge in [-0.05, 0) is 35.9 Å². The zero-order valence-corrected chi connectivity index (χ0v) is 12.8. The molecule has 114 valence electrons. The third kappa shape index (κ3) is 2.53. The quantitative estimate of drug-likeness (QED) is 0.723. The van der Waals surface area contributed by atoms with Gasteiger partial charge in [0.1, 0.15) is 0 Å². The molecular weight excluding hydrogens is 359 g/mol. The van der Waals surface area contributed by atoms with Gasteiger partial charge in [-0.2, -0.15) is 13.2 Å². The van der Waals surface area contributed by atoms with Crippen LogP contribution in [0.15, 0.2) is 71.3 Å². The number of hydroxylamine groups is 1. The molecule has 1 heterocycles. The van der Waals surface area contributed by atoms with E-state index in [2.05, 4.69) is 15.9 Å². The van der Waals surface area contributed by atoms with Gasteiger partial charge in [0.2, 0.25) is 5.60 Å². The number of alkyl halides is 3. The number of rotatable bonds is 2. The lowest BCUT2D eigenvalue weighted by Crippen LogP contribution is -2.43. The van der Waals surface area contributed by atoms with E-state index in [4.69, 9.17) is 4.84 Å². The van der Waals surface area contributed by atoms with Crippen molar-refractivity contribution in [1.82, 2.24) is 0 Å². The van der Waals surface area contributed by atoms with E-state index in [1.807, 2.05) is 0 Å². The molecule has 0 amide bonds. The van der Waals surface area contributed by atoms with Gasteiger partial charge in [-0.3, -0.25) is 0 Å². The highest BCUT2D eigenvalue weighted by Crippen LogP contribution is 2.47. The summed E-state index contributed by atoms with van der Waals surface area (Å²) in [5, 5.41) is 1.13. The van der Waals surface area contributed by atoms with Gasteiger partial charge in [0.25, 0.3) is 0 Å². The van der Waals surface area contributed by atoms with Crippen LogP contribution in [0.4, 0.5) is 18.9 Å². The lowest BCUT2D eigenvalue weighted by atomic mass is 9.93. The largest absolute Gasteiger partial charge is 0.428 e. The Labute approximate surface area is 133 Å². The van der Waals surface area contributed by atoms with E-state index >= 15 is 0 Å². The van der Waals surface area contributed by atoms with Crippen molar-refractivity contribution in [2.75, 3.05) is 5.06 Å². The van der Waals surface area contributed by atoms with Crippen LogP contribution in [0.3, 0.4) is 0 Å². The van der Waals surface area contributed by atoms with Crippen molar-refractivity contribution in [3.8, 4) is 0 Å². The van der Waals surface area contributed by atoms with Gasteiger partial charge in [0.05, 0.1) is 5.69 Å². The first kappa shape index (κ1) is 15.1. The fourth-order valence-corrected chi connectivity index (χ4v) is 2.52. The highest BCUT2D eigenvalue weighted by molar-refractivity contribution is 9.10. The average Bonchev–Trinajstić information content (AvgIpc) is 2.95. The Balaban J connectivity index is 2.01. The lowest BCUT2D eigenvalue weighted by molar-refractivity contribution is -0.258. The van der Waals surface area contributed by atoms with Gasteiger partial charge in [0.15, 0.2) is 0 Å². The summed E-state index contributed by atoms with van der Waals surface area (Å²) in [4.78, 5) is 5.31. The molecule has 0 spiro atoms. The SMILES string of the molecule is FC(F)(F)C1(c2ccc(Br)cc2)C=CN(c2ccccc2)O1. The summed E-state index contributed by atoms with van der Waals surface area (Å²) in [6, 6.07) is 14.5. The molecule has 22 heavy (non-hydrogen) atoms. The van der Waals surface area contributed by atoms with E-state index in [9.17, 15) is 13.2 Å². The van der Waals surface area contributed by atoms with Crippen molar-refractivity contribution >= 4 is 21.6 Å². The number of hydrogen-bond donors (Lipinski definition) is 0. The zero-order chi connectivity index (χ0) is 15.8. The third-order valence-electron chi connectivity index (χ3n) is 3.39. The molecule has 0 saturated heterocycles. The average molecular weight is 370 g/mol. The summed E-state index contributed by atoms with van der Waals surface area (Å²) in [6.45, 7) is 0. The Morgan fingerprint density at radius 3 is 2.18 bits per heavy atom. The predicted molar refractivity (Wildman–Crippen MR) is 81.0 cm³/mol. The van der Waals surface area contributed by atoms with Crippen molar-refractivity contribution in [2.24, 2.45) is 0 Å². The second-order valence-corrected chi connectivity index (χ2v) is 5.72. The lowest BCUT2D eigenvalue weighted by Gasteiger charge is -2.31. The Bertz CT molecular complexity index is 685. The van der Waals surface area contributed by atoms with E-state index in [1.165, 1.54) is 18.3 Å². The summed E-state index contributed by atoms with van der Waals surface area (Å²) >= 11 is 3.22. The molecule has 0 radical (unpaired) electrons. The minimum Gasteiger partial charge on any atom is -0.244 e. The highest BCUT2D eigenvalue weighted by atomic mass is 79.9. The van der Waals surface area contributed by atoms with E-state index in [0.717, 1.165) is 11.1 Å². The van der Waals surface area contributed by atoms with Crippen LogP contribution in [-0.2, 0) is 10.4 Å². The smallest absolute Gasteiger partial charge is 0.244 e. The number of benzene rings is 2. The summed E-state index contributed by atoms with van der Waals surface area (Å²) in [7, 11) is 0. The van der Waals surface area contributed by atoms with Crippen LogP contribution >= 0.6 is 15.9 Å². The fraction of sp³-hybridized carbons (Fsp3) is 0.125.